The van der Waals surface area contributed by atoms with Gasteiger partial charge in [-0.25, -0.2) is 0 Å². The zero-order valence-corrected chi connectivity index (χ0v) is 15.2. The monoisotopic (exact) mass is 362 g/mol. The van der Waals surface area contributed by atoms with Gasteiger partial charge >= 0.3 is 0 Å². The van der Waals surface area contributed by atoms with Crippen LogP contribution in [0, 0.1) is 6.92 Å². The molecule has 6 heteroatoms. The van der Waals surface area contributed by atoms with Crippen LogP contribution in [-0.4, -0.2) is 19.7 Å². The third kappa shape index (κ3) is 3.55. The number of pyridine rings is 1. The molecule has 0 unspecified atom stereocenters. The summed E-state index contributed by atoms with van der Waals surface area (Å²) in [5.41, 5.74) is 3.57. The molecule has 0 atom stereocenters. The van der Waals surface area contributed by atoms with E-state index in [9.17, 15) is 0 Å². The van der Waals surface area contributed by atoms with Gasteiger partial charge in [0, 0.05) is 23.7 Å². The van der Waals surface area contributed by atoms with E-state index in [1.54, 1.807) is 30.4 Å². The molecule has 0 aliphatic rings. The molecule has 0 radical (unpaired) electrons. The Morgan fingerprint density at radius 3 is 2.62 bits per heavy atom. The average molecular weight is 362 g/mol. The molecular formula is C20H18N4OS. The first kappa shape index (κ1) is 16.6. The van der Waals surface area contributed by atoms with E-state index in [0.29, 0.717) is 6.54 Å². The molecule has 3 heterocycles. The predicted molar refractivity (Wildman–Crippen MR) is 102 cm³/mol. The van der Waals surface area contributed by atoms with E-state index in [2.05, 4.69) is 50.9 Å². The lowest BCUT2D eigenvalue weighted by Gasteiger charge is -2.09. The molecule has 0 saturated heterocycles. The van der Waals surface area contributed by atoms with Gasteiger partial charge < -0.3 is 4.42 Å². The van der Waals surface area contributed by atoms with Gasteiger partial charge in [-0.05, 0) is 42.3 Å². The summed E-state index contributed by atoms with van der Waals surface area (Å²) >= 11 is 1.68. The molecule has 0 amide bonds. The van der Waals surface area contributed by atoms with Crippen molar-refractivity contribution in [3.63, 3.8) is 0 Å². The minimum atomic E-state index is 0.591. The SMILES string of the molecule is Cc1ccccc1CSc1nnc(-c2ccncc2)n1Cc1ccco1. The lowest BCUT2D eigenvalue weighted by molar-refractivity contribution is 0.485. The van der Waals surface area contributed by atoms with Crippen molar-refractivity contribution in [2.45, 2.75) is 24.4 Å². The minimum absolute atomic E-state index is 0.591. The van der Waals surface area contributed by atoms with Crippen LogP contribution < -0.4 is 0 Å². The standard InChI is InChI=1S/C20H18N4OS/c1-15-5-2-3-6-17(15)14-26-20-23-22-19(16-8-10-21-11-9-16)24(20)13-18-7-4-12-25-18/h2-12H,13-14H2,1H3. The van der Waals surface area contributed by atoms with Gasteiger partial charge in [0.05, 0.1) is 12.8 Å². The van der Waals surface area contributed by atoms with E-state index in [1.807, 2.05) is 24.3 Å². The Morgan fingerprint density at radius 1 is 1.00 bits per heavy atom. The predicted octanol–water partition coefficient (Wildman–Crippen LogP) is 4.58. The van der Waals surface area contributed by atoms with Crippen LogP contribution in [0.25, 0.3) is 11.4 Å². The van der Waals surface area contributed by atoms with E-state index < -0.39 is 0 Å². The van der Waals surface area contributed by atoms with Gasteiger partial charge in [0.25, 0.3) is 0 Å². The number of rotatable bonds is 6. The molecule has 0 fully saturated rings. The Morgan fingerprint density at radius 2 is 1.85 bits per heavy atom. The highest BCUT2D eigenvalue weighted by atomic mass is 32.2. The van der Waals surface area contributed by atoms with Crippen LogP contribution >= 0.6 is 11.8 Å². The normalized spacial score (nSPS) is 11.0. The molecule has 0 aliphatic heterocycles. The maximum atomic E-state index is 5.54. The minimum Gasteiger partial charge on any atom is -0.467 e. The molecule has 0 spiro atoms. The molecule has 0 N–H and O–H groups in total. The Labute approximate surface area is 156 Å². The smallest absolute Gasteiger partial charge is 0.192 e. The summed E-state index contributed by atoms with van der Waals surface area (Å²) in [7, 11) is 0. The summed E-state index contributed by atoms with van der Waals surface area (Å²) in [6.07, 6.45) is 5.22. The van der Waals surface area contributed by atoms with Gasteiger partial charge in [-0.15, -0.1) is 10.2 Å². The van der Waals surface area contributed by atoms with Crippen molar-refractivity contribution in [3.8, 4) is 11.4 Å². The van der Waals surface area contributed by atoms with E-state index in [0.717, 1.165) is 28.1 Å². The Kier molecular flexibility index (Phi) is 4.84. The van der Waals surface area contributed by atoms with Crippen molar-refractivity contribution in [3.05, 3.63) is 84.1 Å². The van der Waals surface area contributed by atoms with Crippen LogP contribution in [0.15, 0.2) is 76.8 Å². The number of nitrogens with zero attached hydrogens (tertiary/aromatic N) is 4. The van der Waals surface area contributed by atoms with E-state index in [4.69, 9.17) is 4.42 Å². The molecule has 26 heavy (non-hydrogen) atoms. The molecule has 5 nitrogen and oxygen atoms in total. The maximum absolute atomic E-state index is 5.54. The summed E-state index contributed by atoms with van der Waals surface area (Å²) < 4.78 is 7.63. The maximum Gasteiger partial charge on any atom is 0.192 e. The van der Waals surface area contributed by atoms with Crippen molar-refractivity contribution in [1.29, 1.82) is 0 Å². The molecule has 0 aliphatic carbocycles. The van der Waals surface area contributed by atoms with Gasteiger partial charge in [0.2, 0.25) is 0 Å². The third-order valence-corrected chi connectivity index (χ3v) is 5.18. The van der Waals surface area contributed by atoms with Gasteiger partial charge in [0.15, 0.2) is 11.0 Å². The zero-order chi connectivity index (χ0) is 17.8. The fourth-order valence-electron chi connectivity index (χ4n) is 2.73. The third-order valence-electron chi connectivity index (χ3n) is 4.17. The molecule has 0 saturated carbocycles. The highest BCUT2D eigenvalue weighted by Gasteiger charge is 2.16. The summed E-state index contributed by atoms with van der Waals surface area (Å²) in [5, 5.41) is 9.73. The number of benzene rings is 1. The van der Waals surface area contributed by atoms with Crippen LogP contribution in [0.2, 0.25) is 0 Å². The van der Waals surface area contributed by atoms with Crippen molar-refractivity contribution in [2.75, 3.05) is 0 Å². The van der Waals surface area contributed by atoms with Gasteiger partial charge in [-0.3, -0.25) is 9.55 Å². The molecule has 0 bridgehead atoms. The number of hydrogen-bond acceptors (Lipinski definition) is 5. The lowest BCUT2D eigenvalue weighted by Crippen LogP contribution is -2.03. The first-order chi connectivity index (χ1) is 12.8. The molecule has 4 aromatic rings. The number of thioether (sulfide) groups is 1. The van der Waals surface area contributed by atoms with Crippen LogP contribution in [-0.2, 0) is 12.3 Å². The summed E-state index contributed by atoms with van der Waals surface area (Å²) in [6, 6.07) is 16.2. The quantitative estimate of drug-likeness (QED) is 0.470. The van der Waals surface area contributed by atoms with Crippen molar-refractivity contribution >= 4 is 11.8 Å². The molecule has 4 rings (SSSR count). The van der Waals surface area contributed by atoms with E-state index in [-0.39, 0.29) is 0 Å². The summed E-state index contributed by atoms with van der Waals surface area (Å²) in [6.45, 7) is 2.72. The van der Waals surface area contributed by atoms with Crippen molar-refractivity contribution < 1.29 is 4.42 Å². The van der Waals surface area contributed by atoms with Gasteiger partial charge in [-0.1, -0.05) is 36.0 Å². The first-order valence-electron chi connectivity index (χ1n) is 8.34. The van der Waals surface area contributed by atoms with Crippen molar-refractivity contribution in [1.82, 2.24) is 19.7 Å². The number of aromatic nitrogens is 4. The van der Waals surface area contributed by atoms with Gasteiger partial charge in [-0.2, -0.15) is 0 Å². The number of furan rings is 1. The largest absolute Gasteiger partial charge is 0.467 e. The summed E-state index contributed by atoms with van der Waals surface area (Å²) in [5.74, 6) is 2.54. The second kappa shape index (κ2) is 7.58. The lowest BCUT2D eigenvalue weighted by atomic mass is 10.1. The number of aryl methyl sites for hydroxylation is 1. The zero-order valence-electron chi connectivity index (χ0n) is 14.4. The Bertz CT molecular complexity index is 980. The van der Waals surface area contributed by atoms with Crippen LogP contribution in [0.4, 0.5) is 0 Å². The second-order valence-corrected chi connectivity index (χ2v) is 6.87. The highest BCUT2D eigenvalue weighted by molar-refractivity contribution is 7.98. The summed E-state index contributed by atoms with van der Waals surface area (Å²) in [4.78, 5) is 4.09. The first-order valence-corrected chi connectivity index (χ1v) is 9.33. The topological polar surface area (TPSA) is 56.7 Å². The number of hydrogen-bond donors (Lipinski definition) is 0. The molecule has 1 aromatic carbocycles. The van der Waals surface area contributed by atoms with Crippen molar-refractivity contribution in [2.24, 2.45) is 0 Å². The van der Waals surface area contributed by atoms with Crippen LogP contribution in [0.1, 0.15) is 16.9 Å². The van der Waals surface area contributed by atoms with E-state index in [1.165, 1.54) is 11.1 Å². The molecule has 130 valence electrons. The average Bonchev–Trinajstić information content (AvgIpc) is 3.32. The highest BCUT2D eigenvalue weighted by Crippen LogP contribution is 2.28. The van der Waals surface area contributed by atoms with Crippen LogP contribution in [0.3, 0.4) is 0 Å². The fraction of sp³-hybridized carbons (Fsp3) is 0.150. The molecular weight excluding hydrogens is 344 g/mol. The van der Waals surface area contributed by atoms with Gasteiger partial charge in [0.1, 0.15) is 5.76 Å². The Balaban J connectivity index is 1.65. The second-order valence-electron chi connectivity index (χ2n) is 5.92. The fourth-order valence-corrected chi connectivity index (χ4v) is 3.74. The molecule has 3 aromatic heterocycles. The van der Waals surface area contributed by atoms with E-state index >= 15 is 0 Å². The Hall–Kier alpha value is -2.86. The van der Waals surface area contributed by atoms with Crippen LogP contribution in [0.5, 0.6) is 0 Å².